The summed E-state index contributed by atoms with van der Waals surface area (Å²) in [6.45, 7) is 7.40. The molecule has 0 aliphatic carbocycles. The molecule has 2 nitrogen and oxygen atoms in total. The fraction of sp³-hybridized carbons (Fsp3) is 0.600. The van der Waals surface area contributed by atoms with E-state index in [1.165, 1.54) is 17.5 Å². The first-order chi connectivity index (χ1) is 8.70. The Morgan fingerprint density at radius 1 is 1.44 bits per heavy atom. The maximum absolute atomic E-state index is 6.17. The molecule has 100 valence electrons. The van der Waals surface area contributed by atoms with Gasteiger partial charge in [0.25, 0.3) is 0 Å². The zero-order valence-electron chi connectivity index (χ0n) is 11.3. The zero-order chi connectivity index (χ0) is 13.0. The van der Waals surface area contributed by atoms with Crippen LogP contribution in [-0.4, -0.2) is 19.7 Å². The second-order valence-electron chi connectivity index (χ2n) is 5.17. The van der Waals surface area contributed by atoms with Gasteiger partial charge in [-0.1, -0.05) is 25.4 Å². The molecule has 3 heteroatoms. The lowest BCUT2D eigenvalue weighted by atomic mass is 9.98. The quantitative estimate of drug-likeness (QED) is 0.797. The van der Waals surface area contributed by atoms with Crippen molar-refractivity contribution in [3.8, 4) is 5.75 Å². The van der Waals surface area contributed by atoms with Crippen LogP contribution in [0.1, 0.15) is 31.4 Å². The molecule has 18 heavy (non-hydrogen) atoms. The number of hydrogen-bond donors (Lipinski definition) is 1. The Labute approximate surface area is 115 Å². The van der Waals surface area contributed by atoms with Crippen molar-refractivity contribution in [3.63, 3.8) is 0 Å². The second-order valence-corrected chi connectivity index (χ2v) is 5.60. The predicted molar refractivity (Wildman–Crippen MR) is 76.7 cm³/mol. The molecule has 1 heterocycles. The third-order valence-corrected chi connectivity index (χ3v) is 3.53. The summed E-state index contributed by atoms with van der Waals surface area (Å²) in [5.41, 5.74) is 2.53. The SMILES string of the molecule is CCCNCC(C)Cc1cc(Cl)cc2c1OCC2. The van der Waals surface area contributed by atoms with Crippen molar-refractivity contribution in [1.29, 1.82) is 0 Å². The van der Waals surface area contributed by atoms with Gasteiger partial charge in [0.15, 0.2) is 0 Å². The minimum atomic E-state index is 0.600. The molecule has 0 amide bonds. The molecule has 0 spiro atoms. The van der Waals surface area contributed by atoms with Crippen molar-refractivity contribution in [3.05, 3.63) is 28.3 Å². The van der Waals surface area contributed by atoms with E-state index < -0.39 is 0 Å². The molecule has 1 aromatic rings. The lowest BCUT2D eigenvalue weighted by molar-refractivity contribution is 0.351. The Hall–Kier alpha value is -0.730. The summed E-state index contributed by atoms with van der Waals surface area (Å²) >= 11 is 6.17. The molecule has 0 saturated heterocycles. The Morgan fingerprint density at radius 3 is 3.06 bits per heavy atom. The summed E-state index contributed by atoms with van der Waals surface area (Å²) in [6, 6.07) is 4.09. The minimum absolute atomic E-state index is 0.600. The predicted octanol–water partition coefficient (Wildman–Crippen LogP) is 3.45. The molecule has 1 N–H and O–H groups in total. The highest BCUT2D eigenvalue weighted by molar-refractivity contribution is 6.30. The summed E-state index contributed by atoms with van der Waals surface area (Å²) in [7, 11) is 0. The molecule has 1 aliphatic heterocycles. The fourth-order valence-electron chi connectivity index (χ4n) is 2.47. The molecule has 1 aromatic carbocycles. The number of halogens is 1. The van der Waals surface area contributed by atoms with Crippen LogP contribution in [0, 0.1) is 5.92 Å². The molecule has 0 radical (unpaired) electrons. The minimum Gasteiger partial charge on any atom is -0.493 e. The number of ether oxygens (including phenoxy) is 1. The maximum Gasteiger partial charge on any atom is 0.125 e. The third-order valence-electron chi connectivity index (χ3n) is 3.31. The van der Waals surface area contributed by atoms with Crippen LogP contribution in [0.25, 0.3) is 0 Å². The number of rotatable bonds is 6. The average Bonchev–Trinajstić information content (AvgIpc) is 2.77. The van der Waals surface area contributed by atoms with Crippen molar-refractivity contribution in [1.82, 2.24) is 5.32 Å². The number of fused-ring (bicyclic) bond motifs is 1. The van der Waals surface area contributed by atoms with Gasteiger partial charge in [0.05, 0.1) is 6.61 Å². The first kappa shape index (κ1) is 13.7. The topological polar surface area (TPSA) is 21.3 Å². The molecule has 0 bridgehead atoms. The first-order valence-corrected chi connectivity index (χ1v) is 7.23. The van der Waals surface area contributed by atoms with Gasteiger partial charge in [0, 0.05) is 11.4 Å². The summed E-state index contributed by atoms with van der Waals surface area (Å²) < 4.78 is 5.73. The summed E-state index contributed by atoms with van der Waals surface area (Å²) in [6.07, 6.45) is 3.20. The van der Waals surface area contributed by atoms with E-state index in [0.29, 0.717) is 5.92 Å². The van der Waals surface area contributed by atoms with Crippen molar-refractivity contribution >= 4 is 11.6 Å². The van der Waals surface area contributed by atoms with Crippen LogP contribution in [0.15, 0.2) is 12.1 Å². The summed E-state index contributed by atoms with van der Waals surface area (Å²) in [4.78, 5) is 0. The van der Waals surface area contributed by atoms with Gasteiger partial charge in [-0.25, -0.2) is 0 Å². The lowest BCUT2D eigenvalue weighted by Gasteiger charge is -2.15. The van der Waals surface area contributed by atoms with Gasteiger partial charge in [-0.05, 0) is 55.1 Å². The normalized spacial score (nSPS) is 15.3. The van der Waals surface area contributed by atoms with Crippen molar-refractivity contribution in [2.45, 2.75) is 33.1 Å². The van der Waals surface area contributed by atoms with E-state index in [0.717, 1.165) is 43.3 Å². The van der Waals surface area contributed by atoms with Crippen molar-refractivity contribution in [2.75, 3.05) is 19.7 Å². The second kappa shape index (κ2) is 6.44. The van der Waals surface area contributed by atoms with E-state index in [2.05, 4.69) is 25.2 Å². The van der Waals surface area contributed by atoms with E-state index in [1.807, 2.05) is 6.07 Å². The van der Waals surface area contributed by atoms with Gasteiger partial charge in [-0.15, -0.1) is 0 Å². The van der Waals surface area contributed by atoms with E-state index in [-0.39, 0.29) is 0 Å². The maximum atomic E-state index is 6.17. The van der Waals surface area contributed by atoms with Crippen LogP contribution < -0.4 is 10.1 Å². The molecule has 2 rings (SSSR count). The third kappa shape index (κ3) is 3.39. The molecular formula is C15H22ClNO. The van der Waals surface area contributed by atoms with Crippen molar-refractivity contribution in [2.24, 2.45) is 5.92 Å². The van der Waals surface area contributed by atoms with Crippen LogP contribution in [-0.2, 0) is 12.8 Å². The van der Waals surface area contributed by atoms with Gasteiger partial charge in [-0.3, -0.25) is 0 Å². The van der Waals surface area contributed by atoms with Crippen LogP contribution in [0.2, 0.25) is 5.02 Å². The molecule has 0 aromatic heterocycles. The van der Waals surface area contributed by atoms with Crippen LogP contribution in [0.3, 0.4) is 0 Å². The molecule has 0 saturated carbocycles. The first-order valence-electron chi connectivity index (χ1n) is 6.85. The number of benzene rings is 1. The van der Waals surface area contributed by atoms with E-state index >= 15 is 0 Å². The van der Waals surface area contributed by atoms with Crippen LogP contribution in [0.5, 0.6) is 5.75 Å². The highest BCUT2D eigenvalue weighted by Gasteiger charge is 2.18. The van der Waals surface area contributed by atoms with Gasteiger partial charge in [0.1, 0.15) is 5.75 Å². The standard InChI is InChI=1S/C15H22ClNO/c1-3-5-17-10-11(2)7-13-9-14(16)8-12-4-6-18-15(12)13/h8-9,11,17H,3-7,10H2,1-2H3. The van der Waals surface area contributed by atoms with Gasteiger partial charge < -0.3 is 10.1 Å². The van der Waals surface area contributed by atoms with Crippen LogP contribution >= 0.6 is 11.6 Å². The largest absolute Gasteiger partial charge is 0.493 e. The molecule has 0 fully saturated rings. The molecule has 1 aliphatic rings. The Kier molecular flexibility index (Phi) is 4.90. The van der Waals surface area contributed by atoms with Gasteiger partial charge in [0.2, 0.25) is 0 Å². The smallest absolute Gasteiger partial charge is 0.125 e. The van der Waals surface area contributed by atoms with E-state index in [1.54, 1.807) is 0 Å². The highest BCUT2D eigenvalue weighted by Crippen LogP contribution is 2.34. The molecule has 1 unspecified atom stereocenters. The van der Waals surface area contributed by atoms with E-state index in [9.17, 15) is 0 Å². The number of hydrogen-bond acceptors (Lipinski definition) is 2. The average molecular weight is 268 g/mol. The summed E-state index contributed by atoms with van der Waals surface area (Å²) in [5.74, 6) is 1.69. The zero-order valence-corrected chi connectivity index (χ0v) is 12.0. The fourth-order valence-corrected chi connectivity index (χ4v) is 2.73. The highest BCUT2D eigenvalue weighted by atomic mass is 35.5. The van der Waals surface area contributed by atoms with Gasteiger partial charge >= 0.3 is 0 Å². The Balaban J connectivity index is 2.00. The Bertz CT molecular complexity index is 406. The van der Waals surface area contributed by atoms with Crippen molar-refractivity contribution < 1.29 is 4.74 Å². The lowest BCUT2D eigenvalue weighted by Crippen LogP contribution is -2.23. The molecular weight excluding hydrogens is 246 g/mol. The summed E-state index contributed by atoms with van der Waals surface area (Å²) in [5, 5.41) is 4.30. The molecule has 1 atom stereocenters. The van der Waals surface area contributed by atoms with Crippen LogP contribution in [0.4, 0.5) is 0 Å². The Morgan fingerprint density at radius 2 is 2.28 bits per heavy atom. The number of nitrogens with one attached hydrogen (secondary N) is 1. The monoisotopic (exact) mass is 267 g/mol. The van der Waals surface area contributed by atoms with E-state index in [4.69, 9.17) is 16.3 Å². The van der Waals surface area contributed by atoms with Gasteiger partial charge in [-0.2, -0.15) is 0 Å².